The van der Waals surface area contributed by atoms with Gasteiger partial charge >= 0.3 is 0 Å². The Morgan fingerprint density at radius 2 is 2.16 bits per heavy atom. The first-order valence-electron chi connectivity index (χ1n) is 5.46. The van der Waals surface area contributed by atoms with E-state index in [-0.39, 0.29) is 17.3 Å². The van der Waals surface area contributed by atoms with Gasteiger partial charge in [-0.1, -0.05) is 5.16 Å². The molecule has 0 aliphatic rings. The molecule has 104 valence electrons. The largest absolute Gasteiger partial charge is 0.494 e. The fourth-order valence-electron chi connectivity index (χ4n) is 1.27. The van der Waals surface area contributed by atoms with Crippen molar-refractivity contribution in [3.05, 3.63) is 24.0 Å². The SMILES string of the molecule is COc1ccc(NC(=O)C(C)(C)C(N)=NO)cc1F. The number of carbonyl (C=O) groups is 1. The van der Waals surface area contributed by atoms with E-state index < -0.39 is 17.1 Å². The van der Waals surface area contributed by atoms with E-state index in [1.165, 1.54) is 33.1 Å². The molecule has 7 heteroatoms. The second-order valence-corrected chi connectivity index (χ2v) is 4.41. The topological polar surface area (TPSA) is 96.9 Å². The third-order valence-corrected chi connectivity index (χ3v) is 2.73. The molecule has 1 rings (SSSR count). The third kappa shape index (κ3) is 3.12. The number of amides is 1. The second-order valence-electron chi connectivity index (χ2n) is 4.41. The van der Waals surface area contributed by atoms with Crippen molar-refractivity contribution >= 4 is 17.4 Å². The summed E-state index contributed by atoms with van der Waals surface area (Å²) in [5.74, 6) is -1.28. The summed E-state index contributed by atoms with van der Waals surface area (Å²) in [5.41, 5.74) is 4.46. The van der Waals surface area contributed by atoms with Crippen molar-refractivity contribution in [2.75, 3.05) is 12.4 Å². The van der Waals surface area contributed by atoms with Gasteiger partial charge in [0.15, 0.2) is 17.4 Å². The van der Waals surface area contributed by atoms with Gasteiger partial charge in [0.1, 0.15) is 5.41 Å². The predicted octanol–water partition coefficient (Wildman–Crippen LogP) is 1.55. The number of ether oxygens (including phenoxy) is 1. The number of benzene rings is 1. The molecule has 19 heavy (non-hydrogen) atoms. The van der Waals surface area contributed by atoms with E-state index in [0.717, 1.165) is 6.07 Å². The second kappa shape index (κ2) is 5.55. The molecule has 1 amide bonds. The summed E-state index contributed by atoms with van der Waals surface area (Å²) in [5, 5.41) is 13.9. The highest BCUT2D eigenvalue weighted by molar-refractivity contribution is 6.11. The van der Waals surface area contributed by atoms with Gasteiger partial charge in [0.25, 0.3) is 0 Å². The maximum absolute atomic E-state index is 13.5. The smallest absolute Gasteiger partial charge is 0.237 e. The summed E-state index contributed by atoms with van der Waals surface area (Å²) in [6, 6.07) is 4.00. The van der Waals surface area contributed by atoms with E-state index in [4.69, 9.17) is 15.7 Å². The number of nitrogens with two attached hydrogens (primary N) is 1. The first-order valence-corrected chi connectivity index (χ1v) is 5.46. The van der Waals surface area contributed by atoms with Gasteiger partial charge in [-0.3, -0.25) is 4.79 Å². The number of amidine groups is 1. The summed E-state index contributed by atoms with van der Waals surface area (Å²) < 4.78 is 18.2. The van der Waals surface area contributed by atoms with Crippen molar-refractivity contribution in [2.45, 2.75) is 13.8 Å². The quantitative estimate of drug-likeness (QED) is 0.334. The molecule has 0 fully saturated rings. The molecular formula is C12H16FN3O3. The van der Waals surface area contributed by atoms with E-state index >= 15 is 0 Å². The molecule has 0 aliphatic carbocycles. The van der Waals surface area contributed by atoms with E-state index in [9.17, 15) is 9.18 Å². The third-order valence-electron chi connectivity index (χ3n) is 2.73. The number of nitrogens with zero attached hydrogens (tertiary/aromatic N) is 1. The van der Waals surface area contributed by atoms with Crippen molar-refractivity contribution in [3.63, 3.8) is 0 Å². The van der Waals surface area contributed by atoms with E-state index in [1.807, 2.05) is 0 Å². The number of anilines is 1. The van der Waals surface area contributed by atoms with Gasteiger partial charge in [-0.05, 0) is 26.0 Å². The fraction of sp³-hybridized carbons (Fsp3) is 0.333. The van der Waals surface area contributed by atoms with Crippen LogP contribution >= 0.6 is 0 Å². The highest BCUT2D eigenvalue weighted by Crippen LogP contribution is 2.23. The Morgan fingerprint density at radius 3 is 2.63 bits per heavy atom. The minimum absolute atomic E-state index is 0.0775. The molecule has 0 atom stereocenters. The normalized spacial score (nSPS) is 12.1. The van der Waals surface area contributed by atoms with Crippen LogP contribution in [-0.4, -0.2) is 24.1 Å². The molecule has 0 spiro atoms. The fourth-order valence-corrected chi connectivity index (χ4v) is 1.27. The molecule has 0 aromatic heterocycles. The molecule has 0 saturated heterocycles. The van der Waals surface area contributed by atoms with Crippen molar-refractivity contribution in [1.82, 2.24) is 0 Å². The first-order chi connectivity index (χ1) is 8.82. The average molecular weight is 269 g/mol. The number of carbonyl (C=O) groups excluding carboxylic acids is 1. The molecule has 0 bridgehead atoms. The molecule has 4 N–H and O–H groups in total. The summed E-state index contributed by atoms with van der Waals surface area (Å²) in [6.45, 7) is 2.97. The lowest BCUT2D eigenvalue weighted by molar-refractivity contribution is -0.121. The van der Waals surface area contributed by atoms with Crippen molar-refractivity contribution in [3.8, 4) is 5.75 Å². The molecule has 1 aromatic carbocycles. The van der Waals surface area contributed by atoms with Crippen LogP contribution in [0.3, 0.4) is 0 Å². The van der Waals surface area contributed by atoms with E-state index in [2.05, 4.69) is 10.5 Å². The number of rotatable bonds is 4. The van der Waals surface area contributed by atoms with Gasteiger partial charge in [0.05, 0.1) is 7.11 Å². The predicted molar refractivity (Wildman–Crippen MR) is 68.8 cm³/mol. The lowest BCUT2D eigenvalue weighted by Crippen LogP contribution is -2.42. The van der Waals surface area contributed by atoms with Crippen LogP contribution in [0.1, 0.15) is 13.8 Å². The number of hydrogen-bond donors (Lipinski definition) is 3. The van der Waals surface area contributed by atoms with Crippen molar-refractivity contribution < 1.29 is 19.1 Å². The van der Waals surface area contributed by atoms with E-state index in [0.29, 0.717) is 0 Å². The highest BCUT2D eigenvalue weighted by atomic mass is 19.1. The van der Waals surface area contributed by atoms with Gasteiger partial charge in [0.2, 0.25) is 5.91 Å². The number of oxime groups is 1. The molecule has 0 aliphatic heterocycles. The molecule has 6 nitrogen and oxygen atoms in total. The first kappa shape index (κ1) is 14.7. The zero-order valence-corrected chi connectivity index (χ0v) is 10.9. The number of hydrogen-bond acceptors (Lipinski definition) is 4. The van der Waals surface area contributed by atoms with Gasteiger partial charge in [-0.15, -0.1) is 0 Å². The van der Waals surface area contributed by atoms with Crippen molar-refractivity contribution in [2.24, 2.45) is 16.3 Å². The Balaban J connectivity index is 2.91. The monoisotopic (exact) mass is 269 g/mol. The lowest BCUT2D eigenvalue weighted by Gasteiger charge is -2.21. The van der Waals surface area contributed by atoms with Crippen LogP contribution in [0.5, 0.6) is 5.75 Å². The summed E-state index contributed by atoms with van der Waals surface area (Å²) >= 11 is 0. The number of halogens is 1. The van der Waals surface area contributed by atoms with Crippen LogP contribution in [0, 0.1) is 11.2 Å². The molecule has 0 heterocycles. The molecule has 0 radical (unpaired) electrons. The number of nitrogens with one attached hydrogen (secondary N) is 1. The minimum Gasteiger partial charge on any atom is -0.494 e. The van der Waals surface area contributed by atoms with Crippen LogP contribution < -0.4 is 15.8 Å². The zero-order chi connectivity index (χ0) is 14.6. The van der Waals surface area contributed by atoms with Gasteiger partial charge in [-0.2, -0.15) is 0 Å². The lowest BCUT2D eigenvalue weighted by atomic mass is 9.91. The van der Waals surface area contributed by atoms with Crippen LogP contribution in [0.15, 0.2) is 23.4 Å². The van der Waals surface area contributed by atoms with Gasteiger partial charge in [-0.25, -0.2) is 4.39 Å². The van der Waals surface area contributed by atoms with Crippen LogP contribution in [0.4, 0.5) is 10.1 Å². The van der Waals surface area contributed by atoms with Gasteiger partial charge in [0, 0.05) is 11.8 Å². The zero-order valence-electron chi connectivity index (χ0n) is 10.9. The molecule has 0 unspecified atom stereocenters. The average Bonchev–Trinajstić information content (AvgIpc) is 2.37. The Morgan fingerprint density at radius 1 is 1.53 bits per heavy atom. The van der Waals surface area contributed by atoms with Crippen LogP contribution in [0.25, 0.3) is 0 Å². The summed E-state index contributed by atoms with van der Waals surface area (Å²) in [6.07, 6.45) is 0. The molecule has 0 saturated carbocycles. The Labute approximate surface area is 110 Å². The summed E-state index contributed by atoms with van der Waals surface area (Å²) in [7, 11) is 1.35. The minimum atomic E-state index is -1.22. The van der Waals surface area contributed by atoms with E-state index in [1.54, 1.807) is 0 Å². The Hall–Kier alpha value is -2.31. The van der Waals surface area contributed by atoms with Crippen molar-refractivity contribution in [1.29, 1.82) is 0 Å². The number of methoxy groups -OCH3 is 1. The van der Waals surface area contributed by atoms with Gasteiger partial charge < -0.3 is 21.0 Å². The maximum Gasteiger partial charge on any atom is 0.237 e. The standard InChI is InChI=1S/C12H16FN3O3/c1-12(2,10(14)16-18)11(17)15-7-4-5-9(19-3)8(13)6-7/h4-6,18H,1-3H3,(H2,14,16)(H,15,17). The summed E-state index contributed by atoms with van der Waals surface area (Å²) in [4.78, 5) is 12.0. The van der Waals surface area contributed by atoms with Crippen LogP contribution in [0.2, 0.25) is 0 Å². The molecule has 1 aromatic rings. The Bertz CT molecular complexity index is 515. The highest BCUT2D eigenvalue weighted by Gasteiger charge is 2.32. The van der Waals surface area contributed by atoms with Crippen LogP contribution in [-0.2, 0) is 4.79 Å². The Kier molecular flexibility index (Phi) is 4.31. The maximum atomic E-state index is 13.5. The molecular weight excluding hydrogens is 253 g/mol.